The molecular weight excluding hydrogens is 488 g/mol. The average molecular weight is 514 g/mol. The van der Waals surface area contributed by atoms with Crippen LogP contribution in [0, 0.1) is 11.6 Å². The number of aromatic amines is 1. The fourth-order valence-electron chi connectivity index (χ4n) is 4.98. The maximum absolute atomic E-state index is 14.5. The Balaban J connectivity index is 1.19. The molecular formula is C28H25F2N7O. The Morgan fingerprint density at radius 3 is 2.63 bits per heavy atom. The zero-order valence-electron chi connectivity index (χ0n) is 20.5. The van der Waals surface area contributed by atoms with Gasteiger partial charge in [0.25, 0.3) is 5.91 Å². The van der Waals surface area contributed by atoms with Gasteiger partial charge in [-0.3, -0.25) is 4.79 Å². The number of nitrogens with one attached hydrogen (secondary N) is 2. The number of halogens is 2. The summed E-state index contributed by atoms with van der Waals surface area (Å²) in [7, 11) is 0. The molecule has 192 valence electrons. The van der Waals surface area contributed by atoms with E-state index in [1.165, 1.54) is 49.9 Å². The fourth-order valence-corrected chi connectivity index (χ4v) is 4.98. The van der Waals surface area contributed by atoms with Crippen LogP contribution < -0.4 is 5.32 Å². The molecule has 3 heterocycles. The summed E-state index contributed by atoms with van der Waals surface area (Å²) in [6.07, 6.45) is 10.4. The quantitative estimate of drug-likeness (QED) is 0.314. The third-order valence-electron chi connectivity index (χ3n) is 6.93. The van der Waals surface area contributed by atoms with Gasteiger partial charge >= 0.3 is 0 Å². The molecule has 3 aromatic heterocycles. The number of fused-ring (bicyclic) bond motifs is 1. The van der Waals surface area contributed by atoms with E-state index in [2.05, 4.69) is 30.4 Å². The number of H-pyrrole nitrogens is 1. The first-order valence-corrected chi connectivity index (χ1v) is 12.6. The van der Waals surface area contributed by atoms with Crippen molar-refractivity contribution in [1.82, 2.24) is 35.0 Å². The smallest absolute Gasteiger partial charge is 0.272 e. The zero-order chi connectivity index (χ0) is 26.1. The molecule has 0 aliphatic heterocycles. The van der Waals surface area contributed by atoms with Crippen molar-refractivity contribution in [1.29, 1.82) is 0 Å². The maximum atomic E-state index is 14.5. The number of nitrogens with zero attached hydrogens (tertiary/aromatic N) is 5. The molecule has 1 saturated carbocycles. The first-order chi connectivity index (χ1) is 18.5. The monoisotopic (exact) mass is 513 g/mol. The van der Waals surface area contributed by atoms with Gasteiger partial charge in [-0.15, -0.1) is 0 Å². The van der Waals surface area contributed by atoms with Gasteiger partial charge in [-0.2, -0.15) is 5.10 Å². The average Bonchev–Trinajstić information content (AvgIpc) is 3.60. The van der Waals surface area contributed by atoms with E-state index in [1.54, 1.807) is 35.3 Å². The van der Waals surface area contributed by atoms with Crippen molar-refractivity contribution >= 4 is 17.1 Å². The van der Waals surface area contributed by atoms with Gasteiger partial charge in [-0.05, 0) is 66.4 Å². The zero-order valence-corrected chi connectivity index (χ0v) is 20.5. The highest BCUT2D eigenvalue weighted by Crippen LogP contribution is 2.32. The van der Waals surface area contributed by atoms with Crippen LogP contribution in [0.5, 0.6) is 0 Å². The predicted molar refractivity (Wildman–Crippen MR) is 138 cm³/mol. The van der Waals surface area contributed by atoms with Crippen LogP contribution in [0.3, 0.4) is 0 Å². The van der Waals surface area contributed by atoms with E-state index in [0.29, 0.717) is 39.5 Å². The van der Waals surface area contributed by atoms with Gasteiger partial charge in [0.05, 0.1) is 11.9 Å². The lowest BCUT2D eigenvalue weighted by atomic mass is 9.89. The maximum Gasteiger partial charge on any atom is 0.272 e. The van der Waals surface area contributed by atoms with Gasteiger partial charge in [0.15, 0.2) is 11.3 Å². The number of imidazole rings is 1. The first-order valence-electron chi connectivity index (χ1n) is 12.6. The molecule has 0 spiro atoms. The SMILES string of the molecule is O=C(NCc1cc(F)cc(-c2cnn(-c3ccc(F)cc3)c2)c1)c1ncnc2nc(C3CCCCC3)[nH]c12. The summed E-state index contributed by atoms with van der Waals surface area (Å²) in [6, 6.07) is 10.5. The number of hydrogen-bond acceptors (Lipinski definition) is 5. The van der Waals surface area contributed by atoms with Gasteiger partial charge in [0, 0.05) is 24.2 Å². The Morgan fingerprint density at radius 2 is 1.82 bits per heavy atom. The molecule has 1 amide bonds. The molecule has 0 bridgehead atoms. The summed E-state index contributed by atoms with van der Waals surface area (Å²) in [4.78, 5) is 29.4. The second-order valence-electron chi connectivity index (χ2n) is 9.56. The highest BCUT2D eigenvalue weighted by atomic mass is 19.1. The Bertz CT molecular complexity index is 1600. The molecule has 2 N–H and O–H groups in total. The molecule has 10 heteroatoms. The van der Waals surface area contributed by atoms with E-state index in [4.69, 9.17) is 0 Å². The molecule has 0 radical (unpaired) electrons. The molecule has 0 atom stereocenters. The van der Waals surface area contributed by atoms with Gasteiger partial charge in [-0.25, -0.2) is 28.4 Å². The van der Waals surface area contributed by atoms with Crippen molar-refractivity contribution in [3.05, 3.63) is 89.9 Å². The summed E-state index contributed by atoms with van der Waals surface area (Å²) >= 11 is 0. The Hall–Kier alpha value is -4.47. The summed E-state index contributed by atoms with van der Waals surface area (Å²) < 4.78 is 29.3. The minimum Gasteiger partial charge on any atom is -0.347 e. The van der Waals surface area contributed by atoms with Crippen LogP contribution in [0.1, 0.15) is 59.9 Å². The van der Waals surface area contributed by atoms with E-state index in [-0.39, 0.29) is 18.1 Å². The minimum absolute atomic E-state index is 0.102. The van der Waals surface area contributed by atoms with Crippen LogP contribution in [-0.4, -0.2) is 35.6 Å². The number of hydrogen-bond donors (Lipinski definition) is 2. The Kier molecular flexibility index (Phi) is 6.36. The van der Waals surface area contributed by atoms with Crippen molar-refractivity contribution < 1.29 is 13.6 Å². The van der Waals surface area contributed by atoms with Crippen LogP contribution >= 0.6 is 0 Å². The summed E-state index contributed by atoms with van der Waals surface area (Å²) in [6.45, 7) is 0.102. The fraction of sp³-hybridized carbons (Fsp3) is 0.250. The van der Waals surface area contributed by atoms with Crippen LogP contribution in [-0.2, 0) is 6.54 Å². The third-order valence-corrected chi connectivity index (χ3v) is 6.93. The second-order valence-corrected chi connectivity index (χ2v) is 9.56. The third kappa shape index (κ3) is 4.89. The van der Waals surface area contributed by atoms with Gasteiger partial charge in [0.2, 0.25) is 0 Å². The number of carbonyl (C=O) groups is 1. The molecule has 0 unspecified atom stereocenters. The highest BCUT2D eigenvalue weighted by molar-refractivity contribution is 6.02. The summed E-state index contributed by atoms with van der Waals surface area (Å²) in [5, 5.41) is 7.15. The lowest BCUT2D eigenvalue weighted by Crippen LogP contribution is -2.24. The number of benzene rings is 2. The van der Waals surface area contributed by atoms with E-state index in [0.717, 1.165) is 18.7 Å². The standard InChI is InChI=1S/C28H25F2N7O/c29-21-6-8-23(9-7-21)37-15-20(14-34-37)19-10-17(11-22(30)12-19)13-31-28(38)25-24-27(33-16-32-25)36-26(35-24)18-4-2-1-3-5-18/h6-12,14-16,18H,1-5,13H2,(H,31,38)(H,32,33,35,36). The molecule has 6 rings (SSSR count). The van der Waals surface area contributed by atoms with E-state index >= 15 is 0 Å². The van der Waals surface area contributed by atoms with Crippen molar-refractivity contribution in [3.63, 3.8) is 0 Å². The molecule has 5 aromatic rings. The number of aromatic nitrogens is 6. The summed E-state index contributed by atoms with van der Waals surface area (Å²) in [5.74, 6) is 0.0256. The van der Waals surface area contributed by atoms with Crippen molar-refractivity contribution in [2.24, 2.45) is 0 Å². The van der Waals surface area contributed by atoms with Crippen LogP contribution in [0.25, 0.3) is 28.0 Å². The Morgan fingerprint density at radius 1 is 1.00 bits per heavy atom. The second kappa shape index (κ2) is 10.1. The molecule has 1 aliphatic rings. The topological polar surface area (TPSA) is 101 Å². The van der Waals surface area contributed by atoms with Gasteiger partial charge < -0.3 is 10.3 Å². The van der Waals surface area contributed by atoms with Gasteiger partial charge in [0.1, 0.15) is 29.3 Å². The normalized spacial score (nSPS) is 14.2. The minimum atomic E-state index is -0.434. The van der Waals surface area contributed by atoms with Crippen LogP contribution in [0.4, 0.5) is 8.78 Å². The number of carbonyl (C=O) groups excluding carboxylic acids is 1. The number of rotatable bonds is 6. The molecule has 0 saturated heterocycles. The Labute approximate surface area is 217 Å². The van der Waals surface area contributed by atoms with Gasteiger partial charge in [-0.1, -0.05) is 19.3 Å². The first kappa shape index (κ1) is 23.9. The van der Waals surface area contributed by atoms with Crippen LogP contribution in [0.15, 0.2) is 61.2 Å². The van der Waals surface area contributed by atoms with Crippen LogP contribution in [0.2, 0.25) is 0 Å². The van der Waals surface area contributed by atoms with E-state index < -0.39 is 11.7 Å². The predicted octanol–water partition coefficient (Wildman–Crippen LogP) is 5.46. The molecule has 38 heavy (non-hydrogen) atoms. The lowest BCUT2D eigenvalue weighted by molar-refractivity contribution is 0.0947. The largest absolute Gasteiger partial charge is 0.347 e. The number of amides is 1. The lowest BCUT2D eigenvalue weighted by Gasteiger charge is -2.18. The van der Waals surface area contributed by atoms with Crippen molar-refractivity contribution in [2.75, 3.05) is 0 Å². The highest BCUT2D eigenvalue weighted by Gasteiger charge is 2.22. The molecule has 1 aliphatic carbocycles. The molecule has 1 fully saturated rings. The molecule has 2 aromatic carbocycles. The van der Waals surface area contributed by atoms with Crippen molar-refractivity contribution in [3.8, 4) is 16.8 Å². The summed E-state index contributed by atoms with van der Waals surface area (Å²) in [5.41, 5.74) is 3.76. The van der Waals surface area contributed by atoms with E-state index in [1.807, 2.05) is 0 Å². The molecule has 8 nitrogen and oxygen atoms in total. The van der Waals surface area contributed by atoms with Crippen molar-refractivity contribution in [2.45, 2.75) is 44.6 Å². The van der Waals surface area contributed by atoms with E-state index in [9.17, 15) is 13.6 Å².